The summed E-state index contributed by atoms with van der Waals surface area (Å²) in [6.45, 7) is 1.71. The molecule has 2 aliphatic rings. The Balaban J connectivity index is 1.84. The van der Waals surface area contributed by atoms with Gasteiger partial charge in [0.05, 0.1) is 6.61 Å². The maximum atomic E-state index is 6.44. The lowest BCUT2D eigenvalue weighted by Gasteiger charge is -2.30. The number of rotatable bonds is 3. The van der Waals surface area contributed by atoms with Crippen molar-refractivity contribution in [3.8, 4) is 0 Å². The van der Waals surface area contributed by atoms with Crippen LogP contribution in [0.1, 0.15) is 48.8 Å². The van der Waals surface area contributed by atoms with E-state index in [0.717, 1.165) is 25.6 Å². The van der Waals surface area contributed by atoms with E-state index in [4.69, 9.17) is 10.5 Å². The van der Waals surface area contributed by atoms with Gasteiger partial charge in [-0.3, -0.25) is 0 Å². The van der Waals surface area contributed by atoms with Crippen LogP contribution in [-0.2, 0) is 4.74 Å². The van der Waals surface area contributed by atoms with E-state index in [1.807, 2.05) is 0 Å². The van der Waals surface area contributed by atoms with Crippen molar-refractivity contribution in [1.82, 2.24) is 0 Å². The lowest BCUT2D eigenvalue weighted by atomic mass is 9.76. The van der Waals surface area contributed by atoms with Gasteiger partial charge in [-0.2, -0.15) is 0 Å². The molecule has 0 spiro atoms. The summed E-state index contributed by atoms with van der Waals surface area (Å²) in [4.78, 5) is 0. The average molecular weight is 231 g/mol. The predicted octanol–water partition coefficient (Wildman–Crippen LogP) is 2.99. The van der Waals surface area contributed by atoms with Crippen LogP contribution in [0.3, 0.4) is 0 Å². The average Bonchev–Trinajstić information content (AvgIpc) is 2.80. The van der Waals surface area contributed by atoms with Crippen molar-refractivity contribution >= 4 is 0 Å². The summed E-state index contributed by atoms with van der Waals surface area (Å²) in [5, 5.41) is 0. The monoisotopic (exact) mass is 231 g/mol. The highest BCUT2D eigenvalue weighted by molar-refractivity contribution is 5.34. The van der Waals surface area contributed by atoms with Crippen molar-refractivity contribution < 1.29 is 4.74 Å². The van der Waals surface area contributed by atoms with E-state index >= 15 is 0 Å². The van der Waals surface area contributed by atoms with Crippen LogP contribution >= 0.6 is 0 Å². The molecule has 2 heteroatoms. The Morgan fingerprint density at radius 2 is 2.00 bits per heavy atom. The Labute approximate surface area is 103 Å². The number of ether oxygens (including phenoxy) is 1. The summed E-state index contributed by atoms with van der Waals surface area (Å²) in [7, 11) is 0. The fourth-order valence-electron chi connectivity index (χ4n) is 3.00. The van der Waals surface area contributed by atoms with Crippen LogP contribution in [0.2, 0.25) is 0 Å². The lowest BCUT2D eigenvalue weighted by molar-refractivity contribution is 0.180. The highest BCUT2D eigenvalue weighted by Crippen LogP contribution is 2.40. The Kier molecular flexibility index (Phi) is 3.17. The van der Waals surface area contributed by atoms with Gasteiger partial charge in [0, 0.05) is 18.6 Å². The first-order chi connectivity index (χ1) is 8.36. The molecular weight excluding hydrogens is 210 g/mol. The highest BCUT2D eigenvalue weighted by atomic mass is 16.5. The second-order valence-electron chi connectivity index (χ2n) is 5.41. The van der Waals surface area contributed by atoms with E-state index < -0.39 is 0 Å². The van der Waals surface area contributed by atoms with E-state index in [-0.39, 0.29) is 6.04 Å². The zero-order valence-electron chi connectivity index (χ0n) is 10.3. The molecule has 92 valence electrons. The van der Waals surface area contributed by atoms with Crippen LogP contribution in [0.4, 0.5) is 0 Å². The molecule has 2 fully saturated rings. The Hall–Kier alpha value is -0.860. The molecule has 0 aromatic heterocycles. The van der Waals surface area contributed by atoms with Crippen molar-refractivity contribution in [2.75, 3.05) is 13.2 Å². The zero-order chi connectivity index (χ0) is 11.7. The Bertz CT molecular complexity index is 380. The van der Waals surface area contributed by atoms with Gasteiger partial charge in [-0.1, -0.05) is 30.7 Å². The van der Waals surface area contributed by atoms with Crippen molar-refractivity contribution in [3.05, 3.63) is 35.4 Å². The molecule has 3 rings (SSSR count). The topological polar surface area (TPSA) is 35.2 Å². The third kappa shape index (κ3) is 2.12. The second-order valence-corrected chi connectivity index (χ2v) is 5.41. The van der Waals surface area contributed by atoms with Gasteiger partial charge in [-0.25, -0.2) is 0 Å². The molecule has 1 heterocycles. The van der Waals surface area contributed by atoms with Gasteiger partial charge in [-0.15, -0.1) is 0 Å². The summed E-state index contributed by atoms with van der Waals surface area (Å²) < 4.78 is 5.46. The molecule has 1 saturated carbocycles. The van der Waals surface area contributed by atoms with Crippen LogP contribution in [0, 0.1) is 5.92 Å². The molecule has 2 atom stereocenters. The van der Waals surface area contributed by atoms with Crippen LogP contribution in [0.15, 0.2) is 24.3 Å². The SMILES string of the molecule is NC(c1ccccc1C1CCC1)C1CCOC1. The molecule has 1 aliphatic heterocycles. The Morgan fingerprint density at radius 1 is 1.18 bits per heavy atom. The molecule has 1 aliphatic carbocycles. The van der Waals surface area contributed by atoms with Gasteiger partial charge < -0.3 is 10.5 Å². The molecule has 2 N–H and O–H groups in total. The van der Waals surface area contributed by atoms with Crippen LogP contribution in [-0.4, -0.2) is 13.2 Å². The number of benzene rings is 1. The van der Waals surface area contributed by atoms with Gasteiger partial charge in [0.15, 0.2) is 0 Å². The molecule has 1 aromatic carbocycles. The number of hydrogen-bond acceptors (Lipinski definition) is 2. The van der Waals surface area contributed by atoms with Gasteiger partial charge in [0.25, 0.3) is 0 Å². The molecule has 0 radical (unpaired) electrons. The van der Waals surface area contributed by atoms with E-state index in [1.54, 1.807) is 0 Å². The van der Waals surface area contributed by atoms with E-state index in [2.05, 4.69) is 24.3 Å². The minimum absolute atomic E-state index is 0.161. The number of nitrogens with two attached hydrogens (primary N) is 1. The first-order valence-electron chi connectivity index (χ1n) is 6.78. The number of hydrogen-bond donors (Lipinski definition) is 1. The largest absolute Gasteiger partial charge is 0.381 e. The molecule has 17 heavy (non-hydrogen) atoms. The summed E-state index contributed by atoms with van der Waals surface area (Å²) in [6, 6.07) is 8.92. The first kappa shape index (κ1) is 11.2. The molecule has 2 unspecified atom stereocenters. The summed E-state index contributed by atoms with van der Waals surface area (Å²) in [6.07, 6.45) is 5.16. The van der Waals surface area contributed by atoms with Crippen LogP contribution < -0.4 is 5.73 Å². The van der Waals surface area contributed by atoms with E-state index in [0.29, 0.717) is 5.92 Å². The van der Waals surface area contributed by atoms with Crippen LogP contribution in [0.25, 0.3) is 0 Å². The smallest absolute Gasteiger partial charge is 0.0513 e. The molecule has 0 amide bonds. The first-order valence-corrected chi connectivity index (χ1v) is 6.78. The summed E-state index contributed by atoms with van der Waals surface area (Å²) >= 11 is 0. The van der Waals surface area contributed by atoms with Gasteiger partial charge >= 0.3 is 0 Å². The Morgan fingerprint density at radius 3 is 2.65 bits per heavy atom. The predicted molar refractivity (Wildman–Crippen MR) is 68.9 cm³/mol. The fraction of sp³-hybridized carbons (Fsp3) is 0.600. The van der Waals surface area contributed by atoms with Crippen molar-refractivity contribution in [3.63, 3.8) is 0 Å². The quantitative estimate of drug-likeness (QED) is 0.868. The third-order valence-electron chi connectivity index (χ3n) is 4.37. The molecule has 0 bridgehead atoms. The van der Waals surface area contributed by atoms with Crippen molar-refractivity contribution in [1.29, 1.82) is 0 Å². The molecule has 2 nitrogen and oxygen atoms in total. The normalized spacial score (nSPS) is 26.8. The highest BCUT2D eigenvalue weighted by Gasteiger charge is 2.29. The molecular formula is C15H21NO. The fourth-order valence-corrected chi connectivity index (χ4v) is 3.00. The van der Waals surface area contributed by atoms with E-state index in [1.165, 1.54) is 30.4 Å². The second kappa shape index (κ2) is 4.79. The lowest BCUT2D eigenvalue weighted by Crippen LogP contribution is -2.24. The maximum absolute atomic E-state index is 6.44. The maximum Gasteiger partial charge on any atom is 0.0513 e. The van der Waals surface area contributed by atoms with Crippen molar-refractivity contribution in [2.24, 2.45) is 11.7 Å². The zero-order valence-corrected chi connectivity index (χ0v) is 10.3. The van der Waals surface area contributed by atoms with Crippen molar-refractivity contribution in [2.45, 2.75) is 37.6 Å². The van der Waals surface area contributed by atoms with Gasteiger partial charge in [-0.05, 0) is 36.3 Å². The van der Waals surface area contributed by atoms with E-state index in [9.17, 15) is 0 Å². The minimum Gasteiger partial charge on any atom is -0.381 e. The molecule has 1 aromatic rings. The summed E-state index contributed by atoms with van der Waals surface area (Å²) in [5.41, 5.74) is 9.30. The molecule has 1 saturated heterocycles. The van der Waals surface area contributed by atoms with Gasteiger partial charge in [0.1, 0.15) is 0 Å². The summed E-state index contributed by atoms with van der Waals surface area (Å²) in [5.74, 6) is 1.27. The minimum atomic E-state index is 0.161. The standard InChI is InChI=1S/C15H21NO/c16-15(12-8-9-17-10-12)14-7-2-1-6-13(14)11-4-3-5-11/h1-2,6-7,11-12,15H,3-5,8-10,16H2. The third-order valence-corrected chi connectivity index (χ3v) is 4.37. The van der Waals surface area contributed by atoms with Crippen LogP contribution in [0.5, 0.6) is 0 Å². The van der Waals surface area contributed by atoms with Gasteiger partial charge in [0.2, 0.25) is 0 Å².